The van der Waals surface area contributed by atoms with E-state index in [9.17, 15) is 30.3 Å². The van der Waals surface area contributed by atoms with Gasteiger partial charge in [-0.1, -0.05) is 12.1 Å². The van der Waals surface area contributed by atoms with E-state index < -0.39 is 42.7 Å². The minimum absolute atomic E-state index is 0.00179. The fourth-order valence-corrected chi connectivity index (χ4v) is 3.54. The quantitative estimate of drug-likeness (QED) is 0.370. The summed E-state index contributed by atoms with van der Waals surface area (Å²) in [4.78, 5) is 13.0. The van der Waals surface area contributed by atoms with Crippen molar-refractivity contribution in [2.75, 3.05) is 13.7 Å². The molecule has 0 spiro atoms. The Kier molecular flexibility index (Phi) is 6.04. The molecule has 3 aromatic rings. The molecule has 1 fully saturated rings. The van der Waals surface area contributed by atoms with Gasteiger partial charge in [-0.25, -0.2) is 0 Å². The zero-order valence-electron chi connectivity index (χ0n) is 16.9. The predicted molar refractivity (Wildman–Crippen MR) is 111 cm³/mol. The summed E-state index contributed by atoms with van der Waals surface area (Å²) in [6, 6.07) is 10.4. The third kappa shape index (κ3) is 3.90. The number of aromatic hydroxyl groups is 1. The molecule has 10 heteroatoms. The largest absolute Gasteiger partial charge is 0.507 e. The highest BCUT2D eigenvalue weighted by Gasteiger charge is 2.45. The Balaban J connectivity index is 1.80. The summed E-state index contributed by atoms with van der Waals surface area (Å²) in [6.07, 6.45) is -7.55. The first-order valence-electron chi connectivity index (χ1n) is 9.75. The summed E-state index contributed by atoms with van der Waals surface area (Å²) >= 11 is 0. The first kappa shape index (κ1) is 22.1. The Morgan fingerprint density at radius 2 is 1.78 bits per heavy atom. The van der Waals surface area contributed by atoms with Crippen LogP contribution in [0, 0.1) is 0 Å². The van der Waals surface area contributed by atoms with Gasteiger partial charge in [0, 0.05) is 18.2 Å². The highest BCUT2D eigenvalue weighted by Crippen LogP contribution is 2.35. The molecule has 5 atom stereocenters. The van der Waals surface area contributed by atoms with Crippen LogP contribution in [-0.2, 0) is 4.74 Å². The molecule has 1 aliphatic heterocycles. The van der Waals surface area contributed by atoms with Crippen molar-refractivity contribution >= 4 is 11.0 Å². The standard InChI is InChI=1S/C22H22O10/c1-29-10-6-15-18(13(25)8-14(30-15)11-4-2-3-5-12(11)24)16(7-10)31-22-21(28)20(27)19(26)17(9-23)32-22/h2-8,17,19-24,26-28H,9H2,1H3/t17?,19-,20+,21?,22-/m1/s1. The summed E-state index contributed by atoms with van der Waals surface area (Å²) in [5, 5.41) is 49.7. The molecule has 170 valence electrons. The fraction of sp³-hybridized carbons (Fsp3) is 0.318. The molecule has 0 bridgehead atoms. The first-order chi connectivity index (χ1) is 15.3. The summed E-state index contributed by atoms with van der Waals surface area (Å²) in [6.45, 7) is -0.629. The summed E-state index contributed by atoms with van der Waals surface area (Å²) in [7, 11) is 1.39. The van der Waals surface area contributed by atoms with Gasteiger partial charge in [-0.3, -0.25) is 4.79 Å². The van der Waals surface area contributed by atoms with Gasteiger partial charge in [0.05, 0.1) is 19.3 Å². The van der Waals surface area contributed by atoms with Crippen LogP contribution in [0.3, 0.4) is 0 Å². The van der Waals surface area contributed by atoms with Gasteiger partial charge in [0.1, 0.15) is 58.4 Å². The molecule has 32 heavy (non-hydrogen) atoms. The van der Waals surface area contributed by atoms with E-state index in [4.69, 9.17) is 18.6 Å². The molecule has 2 aromatic carbocycles. The van der Waals surface area contributed by atoms with E-state index in [1.165, 1.54) is 31.4 Å². The van der Waals surface area contributed by atoms with E-state index in [2.05, 4.69) is 0 Å². The number of para-hydroxylation sites is 1. The van der Waals surface area contributed by atoms with Crippen molar-refractivity contribution in [1.82, 2.24) is 0 Å². The number of ether oxygens (including phenoxy) is 3. The van der Waals surface area contributed by atoms with Crippen molar-refractivity contribution < 1.29 is 44.2 Å². The minimum atomic E-state index is -1.67. The average molecular weight is 446 g/mol. The van der Waals surface area contributed by atoms with Crippen LogP contribution in [0.2, 0.25) is 0 Å². The van der Waals surface area contributed by atoms with Gasteiger partial charge in [-0.15, -0.1) is 0 Å². The van der Waals surface area contributed by atoms with Crippen LogP contribution in [0.4, 0.5) is 0 Å². The molecule has 1 aliphatic rings. The molecule has 0 aliphatic carbocycles. The number of methoxy groups -OCH3 is 1. The lowest BCUT2D eigenvalue weighted by Crippen LogP contribution is -2.60. The smallest absolute Gasteiger partial charge is 0.229 e. The molecule has 10 nitrogen and oxygen atoms in total. The third-order valence-corrected chi connectivity index (χ3v) is 5.26. The zero-order chi connectivity index (χ0) is 23.0. The lowest BCUT2D eigenvalue weighted by atomic mass is 9.99. The van der Waals surface area contributed by atoms with Gasteiger partial charge in [0.25, 0.3) is 0 Å². The Morgan fingerprint density at radius 3 is 2.47 bits per heavy atom. The highest BCUT2D eigenvalue weighted by atomic mass is 16.7. The number of aliphatic hydroxyl groups is 4. The second-order valence-corrected chi connectivity index (χ2v) is 7.31. The third-order valence-electron chi connectivity index (χ3n) is 5.26. The van der Waals surface area contributed by atoms with E-state index in [1.807, 2.05) is 0 Å². The normalized spacial score (nSPS) is 25.6. The van der Waals surface area contributed by atoms with Gasteiger partial charge >= 0.3 is 0 Å². The Morgan fingerprint density at radius 1 is 1.03 bits per heavy atom. The van der Waals surface area contributed by atoms with Crippen LogP contribution in [0.15, 0.2) is 51.7 Å². The van der Waals surface area contributed by atoms with Crippen molar-refractivity contribution in [3.63, 3.8) is 0 Å². The number of aliphatic hydroxyl groups excluding tert-OH is 4. The number of fused-ring (bicyclic) bond motifs is 1. The maximum absolute atomic E-state index is 13.0. The van der Waals surface area contributed by atoms with Gasteiger partial charge in [-0.2, -0.15) is 0 Å². The van der Waals surface area contributed by atoms with Crippen molar-refractivity contribution in [3.05, 3.63) is 52.7 Å². The van der Waals surface area contributed by atoms with Crippen LogP contribution in [0.5, 0.6) is 17.2 Å². The molecule has 2 unspecified atom stereocenters. The first-order valence-corrected chi connectivity index (χ1v) is 9.75. The SMILES string of the molecule is COc1cc(O[C@@H]2OC(CO)[C@@H](O)[C@H](O)C2O)c2c(=O)cc(-c3ccccc3O)oc2c1. The second-order valence-electron chi connectivity index (χ2n) is 7.31. The maximum Gasteiger partial charge on any atom is 0.229 e. The number of phenols is 1. The minimum Gasteiger partial charge on any atom is -0.507 e. The van der Waals surface area contributed by atoms with Crippen LogP contribution in [0.25, 0.3) is 22.3 Å². The molecule has 0 radical (unpaired) electrons. The molecule has 4 rings (SSSR count). The lowest BCUT2D eigenvalue weighted by molar-refractivity contribution is -0.277. The monoisotopic (exact) mass is 446 g/mol. The van der Waals surface area contributed by atoms with E-state index >= 15 is 0 Å². The Bertz CT molecular complexity index is 1170. The average Bonchev–Trinajstić information content (AvgIpc) is 2.79. The van der Waals surface area contributed by atoms with Crippen molar-refractivity contribution in [2.24, 2.45) is 0 Å². The van der Waals surface area contributed by atoms with Gasteiger partial charge in [0.2, 0.25) is 6.29 Å². The number of hydrogen-bond donors (Lipinski definition) is 5. The van der Waals surface area contributed by atoms with Crippen LogP contribution >= 0.6 is 0 Å². The van der Waals surface area contributed by atoms with Crippen molar-refractivity contribution in [2.45, 2.75) is 30.7 Å². The predicted octanol–water partition coefficient (Wildman–Crippen LogP) is 0.353. The van der Waals surface area contributed by atoms with Crippen LogP contribution < -0.4 is 14.9 Å². The Labute approximate surface area is 181 Å². The summed E-state index contributed by atoms with van der Waals surface area (Å²) < 4.78 is 22.1. The molecule has 0 amide bonds. The molecular formula is C22H22O10. The number of phenolic OH excluding ortho intramolecular Hbond substituents is 1. The number of rotatable bonds is 5. The van der Waals surface area contributed by atoms with E-state index in [0.717, 1.165) is 0 Å². The van der Waals surface area contributed by atoms with E-state index in [1.54, 1.807) is 18.2 Å². The highest BCUT2D eigenvalue weighted by molar-refractivity contribution is 5.86. The molecular weight excluding hydrogens is 424 g/mol. The van der Waals surface area contributed by atoms with E-state index in [-0.39, 0.29) is 34.0 Å². The summed E-state index contributed by atoms with van der Waals surface area (Å²) in [5.41, 5.74) is -0.118. The van der Waals surface area contributed by atoms with Gasteiger partial charge in [0.15, 0.2) is 5.43 Å². The lowest BCUT2D eigenvalue weighted by Gasteiger charge is -2.39. The van der Waals surface area contributed by atoms with Crippen molar-refractivity contribution in [1.29, 1.82) is 0 Å². The fourth-order valence-electron chi connectivity index (χ4n) is 3.54. The van der Waals surface area contributed by atoms with E-state index in [0.29, 0.717) is 5.56 Å². The molecule has 5 N–H and O–H groups in total. The molecule has 2 heterocycles. The van der Waals surface area contributed by atoms with Crippen LogP contribution in [0.1, 0.15) is 0 Å². The molecule has 1 aromatic heterocycles. The van der Waals surface area contributed by atoms with Crippen LogP contribution in [-0.4, -0.2) is 70.0 Å². The topological polar surface area (TPSA) is 159 Å². The van der Waals surface area contributed by atoms with Gasteiger partial charge in [-0.05, 0) is 12.1 Å². The maximum atomic E-state index is 13.0. The van der Waals surface area contributed by atoms with Crippen molar-refractivity contribution in [3.8, 4) is 28.6 Å². The zero-order valence-corrected chi connectivity index (χ0v) is 16.9. The second kappa shape index (κ2) is 8.77. The number of hydrogen-bond acceptors (Lipinski definition) is 10. The molecule has 0 saturated carbocycles. The number of benzene rings is 2. The van der Waals surface area contributed by atoms with Gasteiger partial charge < -0.3 is 44.2 Å². The summed E-state index contributed by atoms with van der Waals surface area (Å²) in [5.74, 6) is 0.235. The Hall–Kier alpha value is -3.15. The molecule has 1 saturated heterocycles.